The number of hydrogen-bond acceptors (Lipinski definition) is 4. The second kappa shape index (κ2) is 9.78. The summed E-state index contributed by atoms with van der Waals surface area (Å²) in [5.74, 6) is 0.209. The monoisotopic (exact) mass is 406 g/mol. The zero-order valence-electron chi connectivity index (χ0n) is 17.3. The van der Waals surface area contributed by atoms with Gasteiger partial charge in [0.25, 0.3) is 0 Å². The van der Waals surface area contributed by atoms with Crippen LogP contribution in [0.15, 0.2) is 60.7 Å². The molecular weight excluding hydrogens is 380 g/mol. The first kappa shape index (κ1) is 21.2. The van der Waals surface area contributed by atoms with Crippen molar-refractivity contribution in [3.63, 3.8) is 0 Å². The molecule has 30 heavy (non-hydrogen) atoms. The van der Waals surface area contributed by atoms with Crippen LogP contribution in [0, 0.1) is 0 Å². The van der Waals surface area contributed by atoms with Crippen molar-refractivity contribution in [1.82, 2.24) is 4.57 Å². The number of amides is 1. The van der Waals surface area contributed by atoms with E-state index in [2.05, 4.69) is 4.57 Å². The van der Waals surface area contributed by atoms with Crippen molar-refractivity contribution >= 4 is 11.9 Å². The van der Waals surface area contributed by atoms with Gasteiger partial charge in [-0.25, -0.2) is 0 Å². The molecule has 0 saturated heterocycles. The van der Waals surface area contributed by atoms with Gasteiger partial charge in [-0.2, -0.15) is 0 Å². The third-order valence-electron chi connectivity index (χ3n) is 4.81. The molecule has 1 amide bonds. The van der Waals surface area contributed by atoms with Crippen LogP contribution in [-0.2, 0) is 27.2 Å². The summed E-state index contributed by atoms with van der Waals surface area (Å²) in [4.78, 5) is 23.1. The maximum atomic E-state index is 11.9. The number of aromatic nitrogens is 1. The minimum atomic E-state index is -0.363. The molecular formula is C24H26N2O4. The Bertz CT molecular complexity index is 1000. The van der Waals surface area contributed by atoms with Gasteiger partial charge in [0.15, 0.2) is 0 Å². The molecule has 0 aliphatic rings. The van der Waals surface area contributed by atoms with Crippen molar-refractivity contribution in [2.24, 2.45) is 5.73 Å². The first-order chi connectivity index (χ1) is 14.5. The van der Waals surface area contributed by atoms with E-state index in [1.54, 1.807) is 14.0 Å². The van der Waals surface area contributed by atoms with Gasteiger partial charge in [-0.1, -0.05) is 12.1 Å². The van der Waals surface area contributed by atoms with Crippen LogP contribution >= 0.6 is 0 Å². The van der Waals surface area contributed by atoms with Gasteiger partial charge in [-0.3, -0.25) is 9.59 Å². The first-order valence-electron chi connectivity index (χ1n) is 9.90. The molecule has 6 nitrogen and oxygen atoms in total. The molecule has 0 saturated carbocycles. The average Bonchev–Trinajstić information content (AvgIpc) is 3.16. The van der Waals surface area contributed by atoms with E-state index in [0.29, 0.717) is 19.4 Å². The Kier molecular flexibility index (Phi) is 6.91. The lowest BCUT2D eigenvalue weighted by Gasteiger charge is -2.15. The van der Waals surface area contributed by atoms with E-state index in [9.17, 15) is 9.59 Å². The maximum Gasteiger partial charge on any atom is 0.306 e. The summed E-state index contributed by atoms with van der Waals surface area (Å²) in [7, 11) is 1.64. The Morgan fingerprint density at radius 2 is 1.67 bits per heavy atom. The molecule has 3 rings (SSSR count). The molecule has 0 atom stereocenters. The fourth-order valence-corrected chi connectivity index (χ4v) is 3.39. The molecule has 0 spiro atoms. The predicted octanol–water partition coefficient (Wildman–Crippen LogP) is 3.68. The standard InChI is InChI=1S/C24H26N2O4/c1-3-30-24(28)15-11-20-10-14-22(18-6-12-21(29-2)13-7-18)26(20)19-8-4-17(5-9-19)16-23(25)27/h4-10,12-14H,3,11,15-16H2,1-2H3,(H2,25,27). The molecule has 3 aromatic rings. The molecule has 0 unspecified atom stereocenters. The maximum absolute atomic E-state index is 11.9. The highest BCUT2D eigenvalue weighted by Gasteiger charge is 2.14. The number of carbonyl (C=O) groups excluding carboxylic acids is 2. The first-order valence-corrected chi connectivity index (χ1v) is 9.90. The van der Waals surface area contributed by atoms with Gasteiger partial charge in [-0.15, -0.1) is 0 Å². The quantitative estimate of drug-likeness (QED) is 0.550. The van der Waals surface area contributed by atoms with E-state index in [1.165, 1.54) is 0 Å². The molecule has 0 aliphatic heterocycles. The number of ether oxygens (including phenoxy) is 2. The van der Waals surface area contributed by atoms with Gasteiger partial charge >= 0.3 is 5.97 Å². The molecule has 0 bridgehead atoms. The minimum absolute atomic E-state index is 0.201. The molecule has 0 radical (unpaired) electrons. The van der Waals surface area contributed by atoms with Gasteiger partial charge in [0, 0.05) is 11.4 Å². The molecule has 2 aromatic carbocycles. The number of esters is 1. The second-order valence-corrected chi connectivity index (χ2v) is 6.89. The van der Waals surface area contributed by atoms with E-state index in [0.717, 1.165) is 34.0 Å². The van der Waals surface area contributed by atoms with Crippen molar-refractivity contribution in [3.8, 4) is 22.7 Å². The van der Waals surface area contributed by atoms with Crippen molar-refractivity contribution in [1.29, 1.82) is 0 Å². The largest absolute Gasteiger partial charge is 0.497 e. The van der Waals surface area contributed by atoms with Crippen LogP contribution in [0.2, 0.25) is 0 Å². The van der Waals surface area contributed by atoms with Gasteiger partial charge < -0.3 is 19.8 Å². The number of methoxy groups -OCH3 is 1. The molecule has 1 heterocycles. The lowest BCUT2D eigenvalue weighted by atomic mass is 10.1. The fraction of sp³-hybridized carbons (Fsp3) is 0.250. The van der Waals surface area contributed by atoms with Crippen molar-refractivity contribution < 1.29 is 19.1 Å². The van der Waals surface area contributed by atoms with E-state index >= 15 is 0 Å². The van der Waals surface area contributed by atoms with Gasteiger partial charge in [0.1, 0.15) is 5.75 Å². The average molecular weight is 406 g/mol. The third-order valence-corrected chi connectivity index (χ3v) is 4.81. The predicted molar refractivity (Wildman–Crippen MR) is 116 cm³/mol. The SMILES string of the molecule is CCOC(=O)CCc1ccc(-c2ccc(OC)cc2)n1-c1ccc(CC(N)=O)cc1. The highest BCUT2D eigenvalue weighted by Crippen LogP contribution is 2.29. The number of hydrogen-bond donors (Lipinski definition) is 1. The Labute approximate surface area is 176 Å². The highest BCUT2D eigenvalue weighted by atomic mass is 16.5. The molecule has 2 N–H and O–H groups in total. The Balaban J connectivity index is 1.98. The Morgan fingerprint density at radius 3 is 2.27 bits per heavy atom. The van der Waals surface area contributed by atoms with Crippen molar-refractivity contribution in [3.05, 3.63) is 71.9 Å². The van der Waals surface area contributed by atoms with Crippen LogP contribution in [0.25, 0.3) is 16.9 Å². The number of benzene rings is 2. The van der Waals surface area contributed by atoms with E-state index in [4.69, 9.17) is 15.2 Å². The smallest absolute Gasteiger partial charge is 0.306 e. The highest BCUT2D eigenvalue weighted by molar-refractivity contribution is 5.76. The summed E-state index contributed by atoms with van der Waals surface area (Å²) in [5, 5.41) is 0. The topological polar surface area (TPSA) is 83.6 Å². The minimum Gasteiger partial charge on any atom is -0.497 e. The number of nitrogens with zero attached hydrogens (tertiary/aromatic N) is 1. The lowest BCUT2D eigenvalue weighted by molar-refractivity contribution is -0.143. The zero-order valence-corrected chi connectivity index (χ0v) is 17.3. The van der Waals surface area contributed by atoms with Crippen LogP contribution in [0.3, 0.4) is 0 Å². The number of rotatable bonds is 9. The van der Waals surface area contributed by atoms with E-state index in [1.807, 2.05) is 60.7 Å². The number of nitrogens with two attached hydrogens (primary N) is 1. The molecule has 1 aromatic heterocycles. The third kappa shape index (κ3) is 5.08. The number of aryl methyl sites for hydroxylation is 1. The Hall–Kier alpha value is -3.54. The molecule has 156 valence electrons. The second-order valence-electron chi connectivity index (χ2n) is 6.89. The summed E-state index contributed by atoms with van der Waals surface area (Å²) >= 11 is 0. The summed E-state index contributed by atoms with van der Waals surface area (Å²) in [6.45, 7) is 2.17. The zero-order chi connectivity index (χ0) is 21.5. The normalized spacial score (nSPS) is 10.6. The summed E-state index contributed by atoms with van der Waals surface area (Å²) in [6, 6.07) is 19.6. The van der Waals surface area contributed by atoms with Crippen LogP contribution in [0.4, 0.5) is 0 Å². The number of primary amides is 1. The Morgan fingerprint density at radius 1 is 0.967 bits per heavy atom. The summed E-state index contributed by atoms with van der Waals surface area (Å²) in [6.07, 6.45) is 1.06. The summed E-state index contributed by atoms with van der Waals surface area (Å²) < 4.78 is 12.5. The van der Waals surface area contributed by atoms with E-state index in [-0.39, 0.29) is 18.3 Å². The van der Waals surface area contributed by atoms with Crippen LogP contribution in [-0.4, -0.2) is 30.2 Å². The molecule has 6 heteroatoms. The van der Waals surface area contributed by atoms with Crippen LogP contribution < -0.4 is 10.5 Å². The van der Waals surface area contributed by atoms with Crippen LogP contribution in [0.5, 0.6) is 5.75 Å². The van der Waals surface area contributed by atoms with Gasteiger partial charge in [-0.05, 0) is 73.0 Å². The number of carbonyl (C=O) groups is 2. The van der Waals surface area contributed by atoms with Crippen molar-refractivity contribution in [2.75, 3.05) is 13.7 Å². The lowest BCUT2D eigenvalue weighted by Crippen LogP contribution is -2.13. The van der Waals surface area contributed by atoms with E-state index < -0.39 is 0 Å². The van der Waals surface area contributed by atoms with Gasteiger partial charge in [0.05, 0.1) is 32.3 Å². The molecule has 0 fully saturated rings. The van der Waals surface area contributed by atoms with Crippen molar-refractivity contribution in [2.45, 2.75) is 26.2 Å². The summed E-state index contributed by atoms with van der Waals surface area (Å²) in [5.41, 5.74) is 10.1. The van der Waals surface area contributed by atoms with Crippen LogP contribution in [0.1, 0.15) is 24.6 Å². The fourth-order valence-electron chi connectivity index (χ4n) is 3.39. The molecule has 0 aliphatic carbocycles. The van der Waals surface area contributed by atoms with Gasteiger partial charge in [0.2, 0.25) is 5.91 Å².